The molecule has 0 radical (unpaired) electrons. The Morgan fingerprint density at radius 3 is 2.57 bits per heavy atom. The van der Waals surface area contributed by atoms with Crippen LogP contribution in [0.1, 0.15) is 12.5 Å². The Hall–Kier alpha value is -1.16. The Labute approximate surface area is 81.7 Å². The molecule has 0 saturated carbocycles. The van der Waals surface area contributed by atoms with Crippen molar-refractivity contribution in [2.24, 2.45) is 5.73 Å². The lowest BCUT2D eigenvalue weighted by atomic mass is 10.1. The van der Waals surface area contributed by atoms with Crippen LogP contribution in [0.25, 0.3) is 0 Å². The van der Waals surface area contributed by atoms with Gasteiger partial charge >= 0.3 is 0 Å². The third kappa shape index (κ3) is 2.42. The van der Waals surface area contributed by atoms with Crippen LogP contribution in [-0.4, -0.2) is 13.2 Å². The molecule has 0 aliphatic rings. The van der Waals surface area contributed by atoms with Gasteiger partial charge in [-0.1, -0.05) is 0 Å². The molecule has 14 heavy (non-hydrogen) atoms. The van der Waals surface area contributed by atoms with Crippen LogP contribution in [-0.2, 0) is 6.42 Å². The number of hydrogen-bond acceptors (Lipinski definition) is 2. The van der Waals surface area contributed by atoms with Crippen molar-refractivity contribution < 1.29 is 13.5 Å². The summed E-state index contributed by atoms with van der Waals surface area (Å²) in [6.45, 7) is 1.75. The molecule has 0 aliphatic heterocycles. The Morgan fingerprint density at radius 1 is 1.43 bits per heavy atom. The van der Waals surface area contributed by atoms with Crippen molar-refractivity contribution in [3.8, 4) is 5.75 Å². The van der Waals surface area contributed by atoms with Gasteiger partial charge in [0.2, 0.25) is 0 Å². The Bertz CT molecular complexity index is 326. The van der Waals surface area contributed by atoms with Crippen LogP contribution in [0.15, 0.2) is 12.1 Å². The van der Waals surface area contributed by atoms with E-state index in [0.717, 1.165) is 12.1 Å². The van der Waals surface area contributed by atoms with Crippen molar-refractivity contribution in [1.29, 1.82) is 0 Å². The molecule has 0 aromatic heterocycles. The van der Waals surface area contributed by atoms with Gasteiger partial charge in [0.15, 0.2) is 0 Å². The Balaban J connectivity index is 3.11. The molecule has 1 unspecified atom stereocenters. The molecule has 78 valence electrons. The predicted molar refractivity (Wildman–Crippen MR) is 50.3 cm³/mol. The van der Waals surface area contributed by atoms with E-state index in [1.54, 1.807) is 6.92 Å². The molecule has 0 bridgehead atoms. The lowest BCUT2D eigenvalue weighted by Crippen LogP contribution is -2.19. The lowest BCUT2D eigenvalue weighted by Gasteiger charge is -2.11. The number of rotatable bonds is 3. The van der Waals surface area contributed by atoms with E-state index >= 15 is 0 Å². The van der Waals surface area contributed by atoms with Crippen LogP contribution in [0.2, 0.25) is 0 Å². The van der Waals surface area contributed by atoms with Gasteiger partial charge in [0.1, 0.15) is 17.4 Å². The number of nitrogens with two attached hydrogens (primary N) is 1. The van der Waals surface area contributed by atoms with Crippen LogP contribution < -0.4 is 10.5 Å². The standard InChI is InChI=1S/C10H13F2NO/c1-6(13)3-8-9(12)4-7(11)5-10(8)14-2/h4-6H,3,13H2,1-2H3. The summed E-state index contributed by atoms with van der Waals surface area (Å²) >= 11 is 0. The van der Waals surface area contributed by atoms with Gasteiger partial charge in [-0.3, -0.25) is 0 Å². The van der Waals surface area contributed by atoms with E-state index in [1.807, 2.05) is 0 Å². The molecular weight excluding hydrogens is 188 g/mol. The number of hydrogen-bond donors (Lipinski definition) is 1. The summed E-state index contributed by atoms with van der Waals surface area (Å²) in [5, 5.41) is 0. The van der Waals surface area contributed by atoms with Gasteiger partial charge < -0.3 is 10.5 Å². The summed E-state index contributed by atoms with van der Waals surface area (Å²) < 4.78 is 30.9. The number of ether oxygens (including phenoxy) is 1. The normalized spacial score (nSPS) is 12.6. The number of benzene rings is 1. The topological polar surface area (TPSA) is 35.2 Å². The van der Waals surface area contributed by atoms with Crippen LogP contribution in [0.3, 0.4) is 0 Å². The summed E-state index contributed by atoms with van der Waals surface area (Å²) in [6, 6.07) is 1.80. The quantitative estimate of drug-likeness (QED) is 0.810. The summed E-state index contributed by atoms with van der Waals surface area (Å²) in [6.07, 6.45) is 0.329. The van der Waals surface area contributed by atoms with E-state index < -0.39 is 11.6 Å². The Kier molecular flexibility index (Phi) is 3.41. The lowest BCUT2D eigenvalue weighted by molar-refractivity contribution is 0.398. The van der Waals surface area contributed by atoms with Crippen molar-refractivity contribution in [2.75, 3.05) is 7.11 Å². The third-order valence-electron chi connectivity index (χ3n) is 1.87. The van der Waals surface area contributed by atoms with Gasteiger partial charge in [-0.05, 0) is 13.3 Å². The van der Waals surface area contributed by atoms with Crippen LogP contribution >= 0.6 is 0 Å². The van der Waals surface area contributed by atoms with E-state index in [9.17, 15) is 8.78 Å². The summed E-state index contributed by atoms with van der Waals surface area (Å²) in [4.78, 5) is 0. The number of methoxy groups -OCH3 is 1. The Morgan fingerprint density at radius 2 is 2.07 bits per heavy atom. The highest BCUT2D eigenvalue weighted by Crippen LogP contribution is 2.24. The molecule has 2 nitrogen and oxygen atoms in total. The molecule has 0 fully saturated rings. The monoisotopic (exact) mass is 201 g/mol. The largest absolute Gasteiger partial charge is 0.496 e. The van der Waals surface area contributed by atoms with Crippen molar-refractivity contribution in [3.05, 3.63) is 29.3 Å². The first-order chi connectivity index (χ1) is 6.54. The highest BCUT2D eigenvalue weighted by Gasteiger charge is 2.13. The van der Waals surface area contributed by atoms with Crippen molar-refractivity contribution in [1.82, 2.24) is 0 Å². The molecule has 1 rings (SSSR count). The maximum atomic E-state index is 13.3. The molecule has 0 heterocycles. The van der Waals surface area contributed by atoms with Gasteiger partial charge in [0, 0.05) is 23.7 Å². The molecule has 0 saturated heterocycles. The molecule has 1 aromatic rings. The van der Waals surface area contributed by atoms with Gasteiger partial charge in [-0.15, -0.1) is 0 Å². The fourth-order valence-corrected chi connectivity index (χ4v) is 1.28. The first-order valence-electron chi connectivity index (χ1n) is 4.32. The third-order valence-corrected chi connectivity index (χ3v) is 1.87. The van der Waals surface area contributed by atoms with E-state index in [2.05, 4.69) is 0 Å². The smallest absolute Gasteiger partial charge is 0.133 e. The SMILES string of the molecule is COc1cc(F)cc(F)c1CC(C)N. The zero-order valence-corrected chi connectivity index (χ0v) is 8.18. The number of halogens is 2. The fraction of sp³-hybridized carbons (Fsp3) is 0.400. The van der Waals surface area contributed by atoms with E-state index in [1.165, 1.54) is 7.11 Å². The van der Waals surface area contributed by atoms with E-state index in [0.29, 0.717) is 12.0 Å². The molecule has 1 aromatic carbocycles. The molecule has 1 atom stereocenters. The molecular formula is C10H13F2NO. The van der Waals surface area contributed by atoms with Gasteiger partial charge in [0.25, 0.3) is 0 Å². The first-order valence-corrected chi connectivity index (χ1v) is 4.32. The minimum absolute atomic E-state index is 0.191. The van der Waals surface area contributed by atoms with Crippen molar-refractivity contribution >= 4 is 0 Å². The second kappa shape index (κ2) is 4.37. The maximum absolute atomic E-state index is 13.3. The maximum Gasteiger partial charge on any atom is 0.133 e. The average Bonchev–Trinajstić information content (AvgIpc) is 2.08. The van der Waals surface area contributed by atoms with E-state index in [-0.39, 0.29) is 11.8 Å². The highest BCUT2D eigenvalue weighted by molar-refractivity contribution is 5.35. The minimum atomic E-state index is -0.646. The molecule has 4 heteroatoms. The molecule has 2 N–H and O–H groups in total. The first kappa shape index (κ1) is 10.9. The summed E-state index contributed by atoms with van der Waals surface area (Å²) in [7, 11) is 1.37. The van der Waals surface area contributed by atoms with Crippen molar-refractivity contribution in [2.45, 2.75) is 19.4 Å². The summed E-state index contributed by atoms with van der Waals surface area (Å²) in [5.41, 5.74) is 5.86. The fourth-order valence-electron chi connectivity index (χ4n) is 1.28. The van der Waals surface area contributed by atoms with Gasteiger partial charge in [-0.2, -0.15) is 0 Å². The zero-order valence-electron chi connectivity index (χ0n) is 8.18. The van der Waals surface area contributed by atoms with Gasteiger partial charge in [0.05, 0.1) is 7.11 Å². The second-order valence-electron chi connectivity index (χ2n) is 3.25. The van der Waals surface area contributed by atoms with Crippen molar-refractivity contribution in [3.63, 3.8) is 0 Å². The minimum Gasteiger partial charge on any atom is -0.496 e. The van der Waals surface area contributed by atoms with Gasteiger partial charge in [-0.25, -0.2) is 8.78 Å². The molecule has 0 aliphatic carbocycles. The molecule has 0 amide bonds. The average molecular weight is 201 g/mol. The van der Waals surface area contributed by atoms with Crippen LogP contribution in [0.4, 0.5) is 8.78 Å². The molecule has 0 spiro atoms. The highest BCUT2D eigenvalue weighted by atomic mass is 19.1. The summed E-state index contributed by atoms with van der Waals surface area (Å²) in [5.74, 6) is -1.05. The predicted octanol–water partition coefficient (Wildman–Crippen LogP) is 1.86. The van der Waals surface area contributed by atoms with Crippen LogP contribution in [0.5, 0.6) is 5.75 Å². The zero-order chi connectivity index (χ0) is 10.7. The second-order valence-corrected chi connectivity index (χ2v) is 3.25. The van der Waals surface area contributed by atoms with Crippen LogP contribution in [0, 0.1) is 11.6 Å². The van der Waals surface area contributed by atoms with E-state index in [4.69, 9.17) is 10.5 Å².